The number of anilines is 1. The molecule has 0 bridgehead atoms. The number of pyridine rings is 1. The van der Waals surface area contributed by atoms with Crippen LogP contribution in [0.15, 0.2) is 6.20 Å². The van der Waals surface area contributed by atoms with Crippen molar-refractivity contribution < 1.29 is 13.6 Å². The first kappa shape index (κ1) is 9.57. The van der Waals surface area contributed by atoms with E-state index in [4.69, 9.17) is 5.73 Å². The molecule has 0 saturated heterocycles. The minimum absolute atomic E-state index is 0.0671. The smallest absolute Gasteiger partial charge is 0.266 e. The Hall–Kier alpha value is -1.52. The Morgan fingerprint density at radius 3 is 2.69 bits per heavy atom. The molecule has 0 saturated carbocycles. The first-order chi connectivity index (χ1) is 6.07. The molecule has 1 heterocycles. The average molecular weight is 186 g/mol. The number of halogens is 2. The van der Waals surface area contributed by atoms with E-state index < -0.39 is 6.43 Å². The van der Waals surface area contributed by atoms with Gasteiger partial charge < -0.3 is 5.73 Å². The third-order valence-corrected chi connectivity index (χ3v) is 1.79. The van der Waals surface area contributed by atoms with Crippen molar-refractivity contribution in [2.24, 2.45) is 0 Å². The van der Waals surface area contributed by atoms with E-state index in [1.54, 1.807) is 0 Å². The number of nitrogen functional groups attached to an aromatic ring is 1. The molecule has 0 unspecified atom stereocenters. The van der Waals surface area contributed by atoms with E-state index in [1.165, 1.54) is 6.92 Å². The fourth-order valence-corrected chi connectivity index (χ4v) is 0.990. The van der Waals surface area contributed by atoms with Crippen molar-refractivity contribution in [2.45, 2.75) is 13.3 Å². The summed E-state index contributed by atoms with van der Waals surface area (Å²) in [5, 5.41) is 0. The fourth-order valence-electron chi connectivity index (χ4n) is 0.990. The van der Waals surface area contributed by atoms with Crippen LogP contribution < -0.4 is 5.73 Å². The minimum Gasteiger partial charge on any atom is -0.383 e. The predicted molar refractivity (Wildman–Crippen MR) is 43.7 cm³/mol. The number of rotatable bonds is 2. The highest BCUT2D eigenvalue weighted by Gasteiger charge is 2.16. The molecule has 5 heteroatoms. The molecule has 0 fully saturated rings. The molecule has 70 valence electrons. The summed E-state index contributed by atoms with van der Waals surface area (Å²) in [5.41, 5.74) is 5.21. The molecular weight excluding hydrogens is 178 g/mol. The lowest BCUT2D eigenvalue weighted by atomic mass is 10.1. The summed E-state index contributed by atoms with van der Waals surface area (Å²) in [6, 6.07) is 0. The van der Waals surface area contributed by atoms with Gasteiger partial charge in [0.25, 0.3) is 6.43 Å². The number of aromatic nitrogens is 1. The predicted octanol–water partition coefficient (Wildman–Crippen LogP) is 1.72. The maximum atomic E-state index is 12.3. The zero-order valence-corrected chi connectivity index (χ0v) is 6.92. The van der Waals surface area contributed by atoms with Crippen LogP contribution >= 0.6 is 0 Å². The van der Waals surface area contributed by atoms with Crippen LogP contribution in [0.3, 0.4) is 0 Å². The van der Waals surface area contributed by atoms with Gasteiger partial charge in [0.2, 0.25) is 0 Å². The Labute approximate surface area is 73.6 Å². The highest BCUT2D eigenvalue weighted by atomic mass is 19.3. The van der Waals surface area contributed by atoms with Crippen molar-refractivity contribution in [3.63, 3.8) is 0 Å². The van der Waals surface area contributed by atoms with Gasteiger partial charge in [0.05, 0.1) is 0 Å². The molecule has 13 heavy (non-hydrogen) atoms. The number of hydrogen-bond donors (Lipinski definition) is 1. The number of nitrogens with zero attached hydrogens (tertiary/aromatic N) is 1. The molecule has 0 amide bonds. The third-order valence-electron chi connectivity index (χ3n) is 1.79. The molecule has 1 aromatic rings. The van der Waals surface area contributed by atoms with Gasteiger partial charge in [-0.1, -0.05) is 0 Å². The highest BCUT2D eigenvalue weighted by molar-refractivity contribution is 5.81. The minimum atomic E-state index is -2.70. The molecule has 0 aliphatic carbocycles. The van der Waals surface area contributed by atoms with Crippen LogP contribution in [0.4, 0.5) is 14.6 Å². The van der Waals surface area contributed by atoms with Crippen LogP contribution in [-0.2, 0) is 0 Å². The van der Waals surface area contributed by atoms with Crippen LogP contribution in [0, 0.1) is 6.92 Å². The van der Waals surface area contributed by atoms with Crippen LogP contribution in [0.2, 0.25) is 0 Å². The maximum Gasteiger partial charge on any atom is 0.266 e. The van der Waals surface area contributed by atoms with Gasteiger partial charge in [-0.15, -0.1) is 0 Å². The molecular formula is C8H8F2N2O. The zero-order chi connectivity index (χ0) is 10.0. The van der Waals surface area contributed by atoms with E-state index in [-0.39, 0.29) is 16.9 Å². The second-order valence-electron chi connectivity index (χ2n) is 2.56. The van der Waals surface area contributed by atoms with Crippen molar-refractivity contribution in [2.75, 3.05) is 5.73 Å². The molecule has 0 atom stereocenters. The SMILES string of the molecule is Cc1c(N)ncc(C(F)F)c1C=O. The van der Waals surface area contributed by atoms with Crippen molar-refractivity contribution in [3.8, 4) is 0 Å². The standard InChI is InChI=1S/C8H8F2N2O/c1-4-6(3-13)5(7(9)10)2-12-8(4)11/h2-3,7H,1H3,(H2,11,12). The first-order valence-electron chi connectivity index (χ1n) is 3.56. The van der Waals surface area contributed by atoms with Crippen LogP contribution in [0.5, 0.6) is 0 Å². The summed E-state index contributed by atoms with van der Waals surface area (Å²) < 4.78 is 24.6. The highest BCUT2D eigenvalue weighted by Crippen LogP contribution is 2.25. The molecule has 0 aliphatic rings. The topological polar surface area (TPSA) is 56.0 Å². The molecule has 0 spiro atoms. The van der Waals surface area contributed by atoms with Crippen molar-refractivity contribution >= 4 is 12.1 Å². The zero-order valence-electron chi connectivity index (χ0n) is 6.92. The van der Waals surface area contributed by atoms with Gasteiger partial charge >= 0.3 is 0 Å². The summed E-state index contributed by atoms with van der Waals surface area (Å²) in [6.07, 6.45) is -1.40. The number of nitrogens with two attached hydrogens (primary N) is 1. The van der Waals surface area contributed by atoms with Gasteiger partial charge in [-0.3, -0.25) is 4.79 Å². The summed E-state index contributed by atoms with van der Waals surface area (Å²) in [5.74, 6) is 0.103. The summed E-state index contributed by atoms with van der Waals surface area (Å²) >= 11 is 0. The van der Waals surface area contributed by atoms with Crippen molar-refractivity contribution in [1.82, 2.24) is 4.98 Å². The van der Waals surface area contributed by atoms with E-state index in [9.17, 15) is 13.6 Å². The monoisotopic (exact) mass is 186 g/mol. The van der Waals surface area contributed by atoms with Crippen molar-refractivity contribution in [1.29, 1.82) is 0 Å². The summed E-state index contributed by atoms with van der Waals surface area (Å²) in [6.45, 7) is 1.48. The van der Waals surface area contributed by atoms with Gasteiger partial charge in [-0.2, -0.15) is 0 Å². The van der Waals surface area contributed by atoms with E-state index in [0.29, 0.717) is 11.8 Å². The molecule has 0 aromatic carbocycles. The average Bonchev–Trinajstić information content (AvgIpc) is 2.09. The van der Waals surface area contributed by atoms with Crippen LogP contribution in [0.1, 0.15) is 27.9 Å². The van der Waals surface area contributed by atoms with E-state index in [1.807, 2.05) is 0 Å². The first-order valence-corrected chi connectivity index (χ1v) is 3.56. The van der Waals surface area contributed by atoms with Gasteiger partial charge in [-0.25, -0.2) is 13.8 Å². The molecule has 3 nitrogen and oxygen atoms in total. The van der Waals surface area contributed by atoms with Crippen molar-refractivity contribution in [3.05, 3.63) is 22.9 Å². The Morgan fingerprint density at radius 1 is 1.62 bits per heavy atom. The number of aldehydes is 1. The Balaban J connectivity index is 3.38. The van der Waals surface area contributed by atoms with E-state index in [2.05, 4.69) is 4.98 Å². The molecule has 0 aliphatic heterocycles. The van der Waals surface area contributed by atoms with Gasteiger partial charge in [0.1, 0.15) is 5.82 Å². The summed E-state index contributed by atoms with van der Waals surface area (Å²) in [7, 11) is 0. The van der Waals surface area contributed by atoms with Crippen LogP contribution in [-0.4, -0.2) is 11.3 Å². The lowest BCUT2D eigenvalue weighted by Gasteiger charge is -2.07. The van der Waals surface area contributed by atoms with Crippen LogP contribution in [0.25, 0.3) is 0 Å². The van der Waals surface area contributed by atoms with E-state index in [0.717, 1.165) is 6.20 Å². The second kappa shape index (κ2) is 3.47. The molecule has 0 radical (unpaired) electrons. The molecule has 2 N–H and O–H groups in total. The normalized spacial score (nSPS) is 10.5. The number of alkyl halides is 2. The molecule has 1 rings (SSSR count). The number of carbonyl (C=O) groups excluding carboxylic acids is 1. The van der Waals surface area contributed by atoms with E-state index >= 15 is 0 Å². The maximum absolute atomic E-state index is 12.3. The third kappa shape index (κ3) is 1.63. The second-order valence-corrected chi connectivity index (χ2v) is 2.56. The van der Waals surface area contributed by atoms with Gasteiger partial charge in [0.15, 0.2) is 6.29 Å². The lowest BCUT2D eigenvalue weighted by Crippen LogP contribution is -2.03. The van der Waals surface area contributed by atoms with Gasteiger partial charge in [-0.05, 0) is 6.92 Å². The fraction of sp³-hybridized carbons (Fsp3) is 0.250. The largest absolute Gasteiger partial charge is 0.383 e. The number of hydrogen-bond acceptors (Lipinski definition) is 3. The molecule has 1 aromatic heterocycles. The quantitative estimate of drug-likeness (QED) is 0.715. The lowest BCUT2D eigenvalue weighted by molar-refractivity contribution is 0.110. The van der Waals surface area contributed by atoms with Gasteiger partial charge in [0, 0.05) is 22.9 Å². The summed E-state index contributed by atoms with van der Waals surface area (Å²) in [4.78, 5) is 14.0. The number of carbonyl (C=O) groups is 1. The Morgan fingerprint density at radius 2 is 2.23 bits per heavy atom. The Kier molecular flexibility index (Phi) is 2.55. The Bertz CT molecular complexity index is 339.